The summed E-state index contributed by atoms with van der Waals surface area (Å²) >= 11 is 0. The fraction of sp³-hybridized carbons (Fsp3) is 0.375. The molecule has 0 unspecified atom stereocenters. The molecule has 2 rings (SSSR count). The minimum absolute atomic E-state index is 0.0910. The van der Waals surface area contributed by atoms with Gasteiger partial charge in [-0.1, -0.05) is 12.1 Å². The van der Waals surface area contributed by atoms with E-state index >= 15 is 0 Å². The summed E-state index contributed by atoms with van der Waals surface area (Å²) in [6, 6.07) is 6.46. The maximum atomic E-state index is 12.3. The molecule has 0 radical (unpaired) electrons. The second kappa shape index (κ2) is 7.12. The third-order valence-electron chi connectivity index (χ3n) is 3.72. The quantitative estimate of drug-likeness (QED) is 0.558. The molecule has 8 nitrogen and oxygen atoms in total. The van der Waals surface area contributed by atoms with Crippen LogP contribution in [0.2, 0.25) is 0 Å². The van der Waals surface area contributed by atoms with Gasteiger partial charge in [0, 0.05) is 20.1 Å². The number of methoxy groups -OCH3 is 1. The molecule has 1 heterocycles. The van der Waals surface area contributed by atoms with Crippen LogP contribution in [0.25, 0.3) is 0 Å². The Balaban J connectivity index is 2.02. The summed E-state index contributed by atoms with van der Waals surface area (Å²) in [6.45, 7) is 1.51. The molecule has 24 heavy (non-hydrogen) atoms. The zero-order chi connectivity index (χ0) is 17.9. The van der Waals surface area contributed by atoms with Gasteiger partial charge in [-0.3, -0.25) is 19.3 Å². The van der Waals surface area contributed by atoms with E-state index in [4.69, 9.17) is 4.74 Å². The largest absolute Gasteiger partial charge is 0.497 e. The van der Waals surface area contributed by atoms with Crippen molar-refractivity contribution in [3.05, 3.63) is 29.8 Å². The summed E-state index contributed by atoms with van der Waals surface area (Å²) in [5.41, 5.74) is 0.843. The highest BCUT2D eigenvalue weighted by Crippen LogP contribution is 2.15. The van der Waals surface area contributed by atoms with Crippen molar-refractivity contribution in [2.24, 2.45) is 0 Å². The van der Waals surface area contributed by atoms with Crippen molar-refractivity contribution in [2.45, 2.75) is 13.5 Å². The zero-order valence-electron chi connectivity index (χ0n) is 13.8. The van der Waals surface area contributed by atoms with Crippen LogP contribution in [-0.2, 0) is 20.9 Å². The highest BCUT2D eigenvalue weighted by molar-refractivity contribution is 6.45. The second-order valence-corrected chi connectivity index (χ2v) is 5.32. The Morgan fingerprint density at radius 1 is 1.17 bits per heavy atom. The normalized spacial score (nSPS) is 14.4. The molecule has 1 fully saturated rings. The first-order valence-corrected chi connectivity index (χ1v) is 7.43. The van der Waals surface area contributed by atoms with Crippen molar-refractivity contribution >= 4 is 23.8 Å². The number of nitrogens with zero attached hydrogens (tertiary/aromatic N) is 3. The second-order valence-electron chi connectivity index (χ2n) is 5.32. The fourth-order valence-electron chi connectivity index (χ4n) is 2.36. The van der Waals surface area contributed by atoms with Crippen LogP contribution in [0, 0.1) is 0 Å². The lowest BCUT2D eigenvalue weighted by Crippen LogP contribution is -2.42. The van der Waals surface area contributed by atoms with E-state index in [2.05, 4.69) is 0 Å². The van der Waals surface area contributed by atoms with Gasteiger partial charge >= 0.3 is 17.8 Å². The molecule has 5 amide bonds. The van der Waals surface area contributed by atoms with Gasteiger partial charge < -0.3 is 9.64 Å². The molecule has 1 aliphatic heterocycles. The predicted octanol–water partition coefficient (Wildman–Crippen LogP) is 0.464. The van der Waals surface area contributed by atoms with Crippen LogP contribution in [0.15, 0.2) is 24.3 Å². The Bertz CT molecular complexity index is 688. The smallest absolute Gasteiger partial charge is 0.334 e. The lowest BCUT2D eigenvalue weighted by Gasteiger charge is -2.20. The van der Waals surface area contributed by atoms with Gasteiger partial charge in [0.05, 0.1) is 7.11 Å². The van der Waals surface area contributed by atoms with Crippen molar-refractivity contribution < 1.29 is 23.9 Å². The number of hydrogen-bond acceptors (Lipinski definition) is 5. The first-order valence-electron chi connectivity index (χ1n) is 7.43. The summed E-state index contributed by atoms with van der Waals surface area (Å²) in [5, 5.41) is 0. The predicted molar refractivity (Wildman–Crippen MR) is 84.0 cm³/mol. The molecule has 0 bridgehead atoms. The third-order valence-corrected chi connectivity index (χ3v) is 3.72. The molecule has 8 heteroatoms. The fourth-order valence-corrected chi connectivity index (χ4v) is 2.36. The number of amides is 5. The Morgan fingerprint density at radius 2 is 1.83 bits per heavy atom. The van der Waals surface area contributed by atoms with Crippen LogP contribution in [0.4, 0.5) is 4.79 Å². The topological polar surface area (TPSA) is 87.2 Å². The summed E-state index contributed by atoms with van der Waals surface area (Å²) in [5.74, 6) is -1.64. The molecule has 128 valence electrons. The van der Waals surface area contributed by atoms with Gasteiger partial charge in [-0.05, 0) is 24.6 Å². The van der Waals surface area contributed by atoms with Gasteiger partial charge in [0.15, 0.2) is 0 Å². The zero-order valence-corrected chi connectivity index (χ0v) is 13.8. The third kappa shape index (κ3) is 3.37. The van der Waals surface area contributed by atoms with Gasteiger partial charge in [0.1, 0.15) is 12.3 Å². The Kier molecular flexibility index (Phi) is 5.18. The molecule has 0 spiro atoms. The number of ether oxygens (including phenoxy) is 1. The Hall–Kier alpha value is -2.90. The first-order chi connectivity index (χ1) is 11.4. The van der Waals surface area contributed by atoms with Crippen LogP contribution in [0.3, 0.4) is 0 Å². The van der Waals surface area contributed by atoms with Crippen molar-refractivity contribution in [2.75, 3.05) is 27.2 Å². The van der Waals surface area contributed by atoms with E-state index in [1.165, 1.54) is 4.90 Å². The molecule has 1 aromatic rings. The van der Waals surface area contributed by atoms with Gasteiger partial charge in [-0.25, -0.2) is 9.69 Å². The Labute approximate surface area is 139 Å². The molecule has 0 aromatic heterocycles. The highest BCUT2D eigenvalue weighted by atomic mass is 16.5. The number of urea groups is 1. The van der Waals surface area contributed by atoms with Crippen molar-refractivity contribution in [3.63, 3.8) is 0 Å². The molecule has 0 saturated carbocycles. The van der Waals surface area contributed by atoms with E-state index in [1.54, 1.807) is 39.3 Å². The van der Waals surface area contributed by atoms with Crippen molar-refractivity contribution in [1.29, 1.82) is 0 Å². The van der Waals surface area contributed by atoms with Crippen LogP contribution in [-0.4, -0.2) is 65.7 Å². The number of likely N-dealkylation sites (N-methyl/N-ethyl adjacent to an activating group) is 2. The molecule has 0 N–H and O–H groups in total. The lowest BCUT2D eigenvalue weighted by molar-refractivity contribution is -0.144. The SMILES string of the molecule is CCN1C(=O)C(=O)N(CC(=O)N(C)Cc2cccc(OC)c2)C1=O. The average molecular weight is 333 g/mol. The highest BCUT2D eigenvalue weighted by Gasteiger charge is 2.44. The number of hydrogen-bond donors (Lipinski definition) is 0. The number of benzene rings is 1. The van der Waals surface area contributed by atoms with E-state index in [1.807, 2.05) is 6.07 Å². The molecular weight excluding hydrogens is 314 g/mol. The van der Waals surface area contributed by atoms with Crippen LogP contribution < -0.4 is 4.74 Å². The number of carbonyl (C=O) groups excluding carboxylic acids is 4. The summed E-state index contributed by atoms with van der Waals surface area (Å²) < 4.78 is 5.12. The maximum absolute atomic E-state index is 12.3. The molecule has 1 saturated heterocycles. The summed E-state index contributed by atoms with van der Waals surface area (Å²) in [7, 11) is 3.11. The van der Waals surface area contributed by atoms with E-state index in [9.17, 15) is 19.2 Å². The number of rotatable bonds is 6. The monoisotopic (exact) mass is 333 g/mol. The molecule has 1 aromatic carbocycles. The number of imide groups is 2. The Morgan fingerprint density at radius 3 is 2.42 bits per heavy atom. The molecular formula is C16H19N3O5. The van der Waals surface area contributed by atoms with Crippen LogP contribution in [0.5, 0.6) is 5.75 Å². The van der Waals surface area contributed by atoms with Crippen molar-refractivity contribution in [1.82, 2.24) is 14.7 Å². The van der Waals surface area contributed by atoms with Gasteiger partial charge in [0.25, 0.3) is 0 Å². The van der Waals surface area contributed by atoms with Crippen molar-refractivity contribution in [3.8, 4) is 5.75 Å². The van der Waals surface area contributed by atoms with Gasteiger partial charge in [-0.2, -0.15) is 0 Å². The van der Waals surface area contributed by atoms with E-state index in [-0.39, 0.29) is 13.1 Å². The number of carbonyl (C=O) groups is 4. The summed E-state index contributed by atoms with van der Waals surface area (Å²) in [6.07, 6.45) is 0. The minimum Gasteiger partial charge on any atom is -0.497 e. The van der Waals surface area contributed by atoms with Crippen LogP contribution in [0.1, 0.15) is 12.5 Å². The van der Waals surface area contributed by atoms with E-state index < -0.39 is 30.3 Å². The first kappa shape index (κ1) is 17.5. The standard InChI is InChI=1S/C16H19N3O5/c1-4-18-14(21)15(22)19(16(18)23)10-13(20)17(2)9-11-6-5-7-12(8-11)24-3/h5-8H,4,9-10H2,1-3H3. The van der Waals surface area contributed by atoms with Crippen LogP contribution >= 0.6 is 0 Å². The summed E-state index contributed by atoms with van der Waals surface area (Å²) in [4.78, 5) is 50.6. The van der Waals surface area contributed by atoms with E-state index in [0.717, 1.165) is 10.5 Å². The average Bonchev–Trinajstić information content (AvgIpc) is 2.78. The van der Waals surface area contributed by atoms with E-state index in [0.29, 0.717) is 10.6 Å². The van der Waals surface area contributed by atoms with Gasteiger partial charge in [0.2, 0.25) is 5.91 Å². The lowest BCUT2D eigenvalue weighted by atomic mass is 10.2. The molecule has 0 atom stereocenters. The van der Waals surface area contributed by atoms with Gasteiger partial charge in [-0.15, -0.1) is 0 Å². The molecule has 0 aliphatic carbocycles. The minimum atomic E-state index is -0.968. The maximum Gasteiger partial charge on any atom is 0.334 e. The molecule has 1 aliphatic rings.